The van der Waals surface area contributed by atoms with Gasteiger partial charge in [0.15, 0.2) is 56.2 Å². The van der Waals surface area contributed by atoms with Gasteiger partial charge in [0.25, 0.3) is 0 Å². The Hall–Kier alpha value is -3.09. The maximum absolute atomic E-state index is 16.1. The monoisotopic (exact) mass is 1690 g/mol. The molecule has 0 radical (unpaired) electrons. The van der Waals surface area contributed by atoms with Crippen molar-refractivity contribution >= 4 is 18.2 Å². The SMILES string of the molecule is C[C@@H]1O[C@@H](O[C@H]2[C@H](O)[C@@H](C(=O)O)O[C@@H](O[C@H]3CC[C@]4(C)[C@H]5CC=C6[C@@H]7CC(C)(C)CC[C@]7(C(=O)O[C@@H]7O[C@H](C)[C@H](O)[C@H](O)[C@H]7O[C@@H]7O[C@@H](C)[C@H](O[C@@H]8OC[C@@H](O)[C@H](O)[C@H]8O)[C@@H](O[C@@H]8O[C@H](CO)[C@@H](O)[C@H](O[C@@H]9OC[C@@H](O)[C@H](O)[C@H]9O)[C@H]8O)[C@H]7O)[C@H](O)C[C@@]6(C)[C@]5(C)CC[C@H]4[C@]3(C)C=O)[C@@H]2O[C@@H]2O[C@H](CO)[C@H](O)[C@H](O)[C@H]2O)[C@H](O)[C@H](O)[C@H]1O. The summed E-state index contributed by atoms with van der Waals surface area (Å²) in [6.07, 6.45) is -68.8. The Morgan fingerprint density at radius 2 is 0.932 bits per heavy atom. The van der Waals surface area contributed by atoms with Crippen LogP contribution in [0, 0.1) is 50.2 Å². The molecule has 22 N–H and O–H groups in total. The molecule has 41 nitrogen and oxygen atoms in total. The smallest absolute Gasteiger partial charge is 0.335 e. The highest BCUT2D eigenvalue weighted by atomic mass is 16.8. The number of aliphatic hydroxyl groups is 21. The fourth-order valence-corrected chi connectivity index (χ4v) is 21.7. The summed E-state index contributed by atoms with van der Waals surface area (Å²) < 4.78 is 97.0. The summed E-state index contributed by atoms with van der Waals surface area (Å²) in [5.74, 6) is -4.30. The average Bonchev–Trinajstić information content (AvgIpc) is 0.669. The molecule has 5 aliphatic carbocycles. The van der Waals surface area contributed by atoms with Crippen molar-refractivity contribution in [2.45, 2.75) is 366 Å². The van der Waals surface area contributed by atoms with Crippen molar-refractivity contribution in [3.8, 4) is 0 Å². The number of rotatable bonds is 20. The number of ether oxygens (including phenoxy) is 16. The molecule has 8 heterocycles. The zero-order valence-electron chi connectivity index (χ0n) is 66.3. The fraction of sp³-hybridized carbons (Fsp3) is 0.934. The van der Waals surface area contributed by atoms with Crippen molar-refractivity contribution in [3.63, 3.8) is 0 Å². The number of aliphatic hydroxyl groups excluding tert-OH is 21. The van der Waals surface area contributed by atoms with Gasteiger partial charge in [0.1, 0.15) is 164 Å². The van der Waals surface area contributed by atoms with Crippen LogP contribution in [-0.2, 0) is 90.2 Å². The van der Waals surface area contributed by atoms with E-state index in [1.807, 2.05) is 13.8 Å². The molecule has 41 heteroatoms. The molecule has 0 amide bonds. The Bertz CT molecular complexity index is 3460. The minimum atomic E-state index is -2.25. The molecule has 670 valence electrons. The maximum Gasteiger partial charge on any atom is 0.335 e. The lowest BCUT2D eigenvalue weighted by Crippen LogP contribution is -2.69. The standard InChI is InChI=1S/C76H120O41/c1-25-38(83)44(89)49(94)64(104-25)112-56-51(96)58(61(99)100)114-69(60(56)116-65-50(95)45(90)42(87)32(20-77)107-65)109-37-13-14-72(6)34(73(37,7)24-79)12-15-74(8)35(72)11-10-28-29-18-71(4,5)16-17-76(29,36(82)19-75(28,74)9)70(101)117-68-59(46(91)39(84)26(2)105-68)115-66-53(98)57(54(27(3)106-66)110-62-47(92)40(85)30(80)22-102-62)113-67-52(97)55(43(88)33(21-78)108-67)111-63-48(93)41(86)31(81)23-103-63/h10,24-27,29-60,62-69,77-78,80-98H,11-23H2,1-9H3,(H,99,100)/t25-,26+,27-,29-,30+,31+,32+,33+,34+,35+,36+,37-,38-,39-,40-,41-,42-,43+,44+,45-,46-,47+,48+,49+,50+,51-,52+,53+,54-,55-,56-,57-,58-,59+,60+,62-,63-,64-,65-,66-,67-,68-,69+,72-,73-,74+,75+,76+/m0/s1. The van der Waals surface area contributed by atoms with E-state index >= 15 is 4.79 Å². The number of esters is 1. The van der Waals surface area contributed by atoms with E-state index in [4.69, 9.17) is 75.8 Å². The summed E-state index contributed by atoms with van der Waals surface area (Å²) in [4.78, 5) is 43.5. The van der Waals surface area contributed by atoms with Crippen LogP contribution in [0.25, 0.3) is 0 Å². The first-order valence-corrected chi connectivity index (χ1v) is 40.4. The summed E-state index contributed by atoms with van der Waals surface area (Å²) in [5.41, 5.74) is -5.23. The van der Waals surface area contributed by atoms with Crippen LogP contribution < -0.4 is 0 Å². The first-order valence-electron chi connectivity index (χ1n) is 40.4. The summed E-state index contributed by atoms with van der Waals surface area (Å²) in [5, 5.41) is 245. The van der Waals surface area contributed by atoms with Crippen LogP contribution >= 0.6 is 0 Å². The van der Waals surface area contributed by atoms with E-state index in [0.717, 1.165) is 11.9 Å². The maximum atomic E-state index is 16.1. The third kappa shape index (κ3) is 16.0. The normalized spacial score (nSPS) is 55.3. The lowest BCUT2D eigenvalue weighted by molar-refractivity contribution is -0.399. The first kappa shape index (κ1) is 91.6. The van der Waals surface area contributed by atoms with Crippen LogP contribution in [0.3, 0.4) is 0 Å². The number of allylic oxidation sites excluding steroid dienone is 2. The van der Waals surface area contributed by atoms with Crippen LogP contribution in [0.4, 0.5) is 0 Å². The number of carbonyl (C=O) groups is 3. The van der Waals surface area contributed by atoms with Gasteiger partial charge in [-0.2, -0.15) is 0 Å². The third-order valence-corrected chi connectivity index (χ3v) is 28.9. The molecule has 8 aliphatic heterocycles. The first-order chi connectivity index (χ1) is 54.9. The Morgan fingerprint density at radius 1 is 0.444 bits per heavy atom. The van der Waals surface area contributed by atoms with E-state index in [9.17, 15) is 122 Å². The fourth-order valence-electron chi connectivity index (χ4n) is 21.7. The molecular formula is C76H120O41. The summed E-state index contributed by atoms with van der Waals surface area (Å²) >= 11 is 0. The van der Waals surface area contributed by atoms with E-state index in [2.05, 4.69) is 26.8 Å². The molecule has 0 aromatic carbocycles. The van der Waals surface area contributed by atoms with Crippen LogP contribution in [0.1, 0.15) is 120 Å². The average molecular weight is 1690 g/mol. The predicted octanol–water partition coefficient (Wildman–Crippen LogP) is -8.14. The van der Waals surface area contributed by atoms with Crippen molar-refractivity contribution < 1.29 is 203 Å². The van der Waals surface area contributed by atoms with Gasteiger partial charge >= 0.3 is 11.9 Å². The second-order valence-electron chi connectivity index (χ2n) is 36.4. The highest BCUT2D eigenvalue weighted by molar-refractivity contribution is 5.80. The largest absolute Gasteiger partial charge is 0.479 e. The number of carbonyl (C=O) groups excluding carboxylic acids is 2. The van der Waals surface area contributed by atoms with Crippen molar-refractivity contribution in [3.05, 3.63) is 11.6 Å². The van der Waals surface area contributed by atoms with Crippen LogP contribution in [0.2, 0.25) is 0 Å². The Balaban J connectivity index is 0.770. The molecule has 0 aromatic rings. The van der Waals surface area contributed by atoms with Gasteiger partial charge in [-0.05, 0) is 118 Å². The number of hydrogen-bond donors (Lipinski definition) is 22. The number of hydrogen-bond acceptors (Lipinski definition) is 40. The predicted molar refractivity (Wildman–Crippen MR) is 379 cm³/mol. The minimum Gasteiger partial charge on any atom is -0.479 e. The summed E-state index contributed by atoms with van der Waals surface area (Å²) in [7, 11) is 0. The lowest BCUT2D eigenvalue weighted by Gasteiger charge is -2.71. The van der Waals surface area contributed by atoms with E-state index in [1.165, 1.54) is 20.8 Å². The van der Waals surface area contributed by atoms with E-state index in [0.29, 0.717) is 38.5 Å². The molecule has 0 bridgehead atoms. The minimum absolute atomic E-state index is 0.0184. The molecule has 0 unspecified atom stereocenters. The molecule has 48 atom stereocenters. The molecule has 13 aliphatic rings. The number of carboxylic acid groups (broad SMARTS) is 1. The Kier molecular flexibility index (Phi) is 27.2. The van der Waals surface area contributed by atoms with Crippen LogP contribution in [0.15, 0.2) is 11.6 Å². The molecule has 13 rings (SSSR count). The highest BCUT2D eigenvalue weighted by Gasteiger charge is 2.74. The second-order valence-corrected chi connectivity index (χ2v) is 36.4. The van der Waals surface area contributed by atoms with Crippen molar-refractivity contribution in [2.24, 2.45) is 50.2 Å². The molecular weight excluding hydrogens is 1570 g/mol. The Morgan fingerprint density at radius 3 is 1.52 bits per heavy atom. The topological polar surface area (TPSA) is 644 Å². The summed E-state index contributed by atoms with van der Waals surface area (Å²) in [6.45, 7) is 13.1. The van der Waals surface area contributed by atoms with Gasteiger partial charge in [0, 0.05) is 0 Å². The van der Waals surface area contributed by atoms with Gasteiger partial charge in [0.05, 0.1) is 62.4 Å². The Labute approximate surface area is 672 Å². The van der Waals surface area contributed by atoms with Gasteiger partial charge in [0.2, 0.25) is 6.29 Å². The second kappa shape index (κ2) is 34.7. The van der Waals surface area contributed by atoms with Crippen LogP contribution in [-0.4, -0.2) is 403 Å². The quantitative estimate of drug-likeness (QED) is 0.0233. The number of carboxylic acids is 1. The molecule has 8 saturated heterocycles. The van der Waals surface area contributed by atoms with Crippen molar-refractivity contribution in [1.29, 1.82) is 0 Å². The van der Waals surface area contributed by atoms with E-state index in [1.54, 1.807) is 6.92 Å². The zero-order valence-corrected chi connectivity index (χ0v) is 66.3. The van der Waals surface area contributed by atoms with Gasteiger partial charge in [-0.3, -0.25) is 4.79 Å². The third-order valence-electron chi connectivity index (χ3n) is 28.9. The lowest BCUT2D eigenvalue weighted by atomic mass is 9.33. The molecule has 0 aromatic heterocycles. The van der Waals surface area contributed by atoms with Crippen molar-refractivity contribution in [2.75, 3.05) is 26.4 Å². The number of fused-ring (bicyclic) bond motifs is 7. The zero-order chi connectivity index (χ0) is 85.5. The van der Waals surface area contributed by atoms with E-state index < -0.39 is 328 Å². The molecule has 12 fully saturated rings. The van der Waals surface area contributed by atoms with Gasteiger partial charge < -0.3 is 193 Å². The van der Waals surface area contributed by atoms with Crippen molar-refractivity contribution in [1.82, 2.24) is 0 Å². The number of aliphatic carboxylic acids is 1. The molecule has 0 spiro atoms. The highest BCUT2D eigenvalue weighted by Crippen LogP contribution is 2.76. The molecule has 4 saturated carbocycles. The number of aldehydes is 1. The van der Waals surface area contributed by atoms with E-state index in [-0.39, 0.29) is 25.2 Å². The summed E-state index contributed by atoms with van der Waals surface area (Å²) in [6, 6.07) is 0. The van der Waals surface area contributed by atoms with Gasteiger partial charge in [-0.15, -0.1) is 0 Å². The van der Waals surface area contributed by atoms with Crippen LogP contribution in [0.5, 0.6) is 0 Å². The van der Waals surface area contributed by atoms with Gasteiger partial charge in [-0.25, -0.2) is 4.79 Å². The van der Waals surface area contributed by atoms with Gasteiger partial charge in [-0.1, -0.05) is 53.2 Å². The molecule has 117 heavy (non-hydrogen) atoms.